The molecule has 0 unspecified atom stereocenters. The first-order valence-corrected chi connectivity index (χ1v) is 12.4. The molecule has 1 aromatic heterocycles. The Morgan fingerprint density at radius 3 is 2.53 bits per heavy atom. The third-order valence-corrected chi connectivity index (χ3v) is 6.65. The maximum absolute atomic E-state index is 13.8. The minimum Gasteiger partial charge on any atom is -0.370 e. The van der Waals surface area contributed by atoms with Crippen LogP contribution in [0, 0.1) is 5.82 Å². The van der Waals surface area contributed by atoms with E-state index in [0.717, 1.165) is 24.0 Å². The molecule has 0 aliphatic carbocycles. The molecule has 0 bridgehead atoms. The predicted molar refractivity (Wildman–Crippen MR) is 134 cm³/mol. The van der Waals surface area contributed by atoms with E-state index in [1.807, 2.05) is 35.2 Å². The highest BCUT2D eigenvalue weighted by Gasteiger charge is 2.49. The maximum Gasteiger partial charge on any atom is 0.246 e. The number of rotatable bonds is 12. The fourth-order valence-electron chi connectivity index (χ4n) is 4.54. The molecule has 4 rings (SSSR count). The second kappa shape index (κ2) is 11.5. The van der Waals surface area contributed by atoms with E-state index in [0.29, 0.717) is 38.2 Å². The normalized spacial score (nSPS) is 15.3. The summed E-state index contributed by atoms with van der Waals surface area (Å²) in [4.78, 5) is 31.2. The molecule has 0 spiro atoms. The molecule has 190 valence electrons. The number of amides is 2. The van der Waals surface area contributed by atoms with Gasteiger partial charge in [0.05, 0.1) is 25.1 Å². The quantitative estimate of drug-likeness (QED) is 0.390. The highest BCUT2D eigenvalue weighted by molar-refractivity contribution is 5.82. The lowest BCUT2D eigenvalue weighted by atomic mass is 9.84. The number of primary amides is 1. The number of hydrogen-bond donors (Lipinski definition) is 1. The van der Waals surface area contributed by atoms with Crippen LogP contribution in [0.25, 0.3) is 0 Å². The molecular formula is C28H33FN4O3. The fourth-order valence-corrected chi connectivity index (χ4v) is 4.54. The standard InChI is InChI=1S/C28H33FN4O3/c1-2-3-15-36-28(22-7-5-4-6-8-22)18-33(19-28)27(35)25(16-21-9-11-23(29)12-10-21)32-17-24(31-20-32)13-14-26(30)34/h4-12,17,20,25H,2-3,13-16,18-19H2,1H3,(H2,30,34)/t25-/m1/s1. The van der Waals surface area contributed by atoms with Gasteiger partial charge in [0.1, 0.15) is 17.5 Å². The van der Waals surface area contributed by atoms with Gasteiger partial charge >= 0.3 is 0 Å². The van der Waals surface area contributed by atoms with Crippen LogP contribution in [0.2, 0.25) is 0 Å². The molecule has 2 amide bonds. The molecule has 36 heavy (non-hydrogen) atoms. The molecule has 1 saturated heterocycles. The van der Waals surface area contributed by atoms with Crippen molar-refractivity contribution in [2.75, 3.05) is 19.7 Å². The van der Waals surface area contributed by atoms with Crippen LogP contribution in [0.5, 0.6) is 0 Å². The number of carbonyl (C=O) groups is 2. The molecule has 7 nitrogen and oxygen atoms in total. The van der Waals surface area contributed by atoms with Crippen molar-refractivity contribution in [3.63, 3.8) is 0 Å². The molecule has 2 N–H and O–H groups in total. The predicted octanol–water partition coefficient (Wildman–Crippen LogP) is 3.78. The Labute approximate surface area is 211 Å². The zero-order valence-corrected chi connectivity index (χ0v) is 20.6. The molecule has 3 aromatic rings. The van der Waals surface area contributed by atoms with Crippen molar-refractivity contribution in [1.29, 1.82) is 0 Å². The van der Waals surface area contributed by atoms with Gasteiger partial charge in [-0.25, -0.2) is 9.37 Å². The van der Waals surface area contributed by atoms with Gasteiger partial charge in [-0.05, 0) is 36.1 Å². The summed E-state index contributed by atoms with van der Waals surface area (Å²) in [6, 6.07) is 15.7. The van der Waals surface area contributed by atoms with Gasteiger partial charge in [0, 0.05) is 25.6 Å². The molecule has 1 aliphatic rings. The SMILES string of the molecule is CCCCOC1(c2ccccc2)CN(C(=O)[C@@H](Cc2ccc(F)cc2)n2cnc(CCC(N)=O)c2)C1. The van der Waals surface area contributed by atoms with Crippen molar-refractivity contribution in [2.24, 2.45) is 5.73 Å². The van der Waals surface area contributed by atoms with Gasteiger partial charge in [-0.2, -0.15) is 0 Å². The van der Waals surface area contributed by atoms with Crippen molar-refractivity contribution in [3.05, 3.63) is 89.8 Å². The lowest BCUT2D eigenvalue weighted by molar-refractivity contribution is -0.176. The molecule has 1 atom stereocenters. The van der Waals surface area contributed by atoms with Crippen LogP contribution in [0.15, 0.2) is 67.1 Å². The Kier molecular flexibility index (Phi) is 8.15. The summed E-state index contributed by atoms with van der Waals surface area (Å²) in [5.74, 6) is -0.772. The van der Waals surface area contributed by atoms with Gasteiger partial charge in [0.15, 0.2) is 0 Å². The van der Waals surface area contributed by atoms with Gasteiger partial charge in [-0.1, -0.05) is 55.8 Å². The van der Waals surface area contributed by atoms with Crippen LogP contribution >= 0.6 is 0 Å². The summed E-state index contributed by atoms with van der Waals surface area (Å²) >= 11 is 0. The van der Waals surface area contributed by atoms with Crippen molar-refractivity contribution in [3.8, 4) is 0 Å². The van der Waals surface area contributed by atoms with E-state index in [-0.39, 0.29) is 18.1 Å². The van der Waals surface area contributed by atoms with E-state index < -0.39 is 17.6 Å². The molecule has 2 aromatic carbocycles. The Bertz CT molecular complexity index is 1160. The van der Waals surface area contributed by atoms with Gasteiger partial charge in [0.25, 0.3) is 0 Å². The van der Waals surface area contributed by atoms with Crippen molar-refractivity contribution < 1.29 is 18.7 Å². The average molecular weight is 493 g/mol. The minimum absolute atomic E-state index is 0.0520. The van der Waals surface area contributed by atoms with Crippen LogP contribution in [-0.2, 0) is 32.8 Å². The molecule has 0 radical (unpaired) electrons. The smallest absolute Gasteiger partial charge is 0.246 e. The summed E-state index contributed by atoms with van der Waals surface area (Å²) in [5.41, 5.74) is 7.36. The summed E-state index contributed by atoms with van der Waals surface area (Å²) in [7, 11) is 0. The number of ether oxygens (including phenoxy) is 1. The second-order valence-corrected chi connectivity index (χ2v) is 9.38. The molecule has 8 heteroatoms. The summed E-state index contributed by atoms with van der Waals surface area (Å²) in [5, 5.41) is 0. The molecule has 2 heterocycles. The van der Waals surface area contributed by atoms with Crippen LogP contribution in [0.1, 0.15) is 49.0 Å². The van der Waals surface area contributed by atoms with Crippen LogP contribution in [-0.4, -0.2) is 46.0 Å². The van der Waals surface area contributed by atoms with Crippen molar-refractivity contribution in [2.45, 2.75) is 50.7 Å². The number of benzene rings is 2. The van der Waals surface area contributed by atoms with E-state index in [9.17, 15) is 14.0 Å². The number of unbranched alkanes of at least 4 members (excludes halogenated alkanes) is 1. The first-order chi connectivity index (χ1) is 17.4. The second-order valence-electron chi connectivity index (χ2n) is 9.38. The monoisotopic (exact) mass is 492 g/mol. The van der Waals surface area contributed by atoms with E-state index in [4.69, 9.17) is 10.5 Å². The van der Waals surface area contributed by atoms with Gasteiger partial charge < -0.3 is 19.9 Å². The molecule has 0 saturated carbocycles. The summed E-state index contributed by atoms with van der Waals surface area (Å²) < 4.78 is 21.6. The Hall–Kier alpha value is -3.52. The molecule has 1 aliphatic heterocycles. The van der Waals surface area contributed by atoms with E-state index >= 15 is 0 Å². The highest BCUT2D eigenvalue weighted by atomic mass is 19.1. The van der Waals surface area contributed by atoms with Crippen molar-refractivity contribution >= 4 is 11.8 Å². The third kappa shape index (κ3) is 5.99. The van der Waals surface area contributed by atoms with Gasteiger partial charge in [-0.15, -0.1) is 0 Å². The zero-order valence-electron chi connectivity index (χ0n) is 20.6. The van der Waals surface area contributed by atoms with Gasteiger partial charge in [-0.3, -0.25) is 9.59 Å². The maximum atomic E-state index is 13.8. The number of nitrogens with zero attached hydrogens (tertiary/aromatic N) is 3. The number of hydrogen-bond acceptors (Lipinski definition) is 4. The first kappa shape index (κ1) is 25.6. The Balaban J connectivity index is 1.54. The van der Waals surface area contributed by atoms with E-state index in [2.05, 4.69) is 11.9 Å². The number of aryl methyl sites for hydroxylation is 1. The molecule has 1 fully saturated rings. The van der Waals surface area contributed by atoms with E-state index in [1.165, 1.54) is 12.1 Å². The Morgan fingerprint density at radius 2 is 1.86 bits per heavy atom. The number of carbonyl (C=O) groups excluding carboxylic acids is 2. The largest absolute Gasteiger partial charge is 0.370 e. The summed E-state index contributed by atoms with van der Waals surface area (Å²) in [6.45, 7) is 3.68. The third-order valence-electron chi connectivity index (χ3n) is 6.65. The number of halogens is 1. The lowest BCUT2D eigenvalue weighted by Crippen LogP contribution is -2.63. The minimum atomic E-state index is -0.560. The fraction of sp³-hybridized carbons (Fsp3) is 0.393. The number of likely N-dealkylation sites (tertiary alicyclic amines) is 1. The van der Waals surface area contributed by atoms with Gasteiger partial charge in [0.2, 0.25) is 11.8 Å². The summed E-state index contributed by atoms with van der Waals surface area (Å²) in [6.07, 6.45) is 6.38. The lowest BCUT2D eigenvalue weighted by Gasteiger charge is -2.51. The van der Waals surface area contributed by atoms with Crippen molar-refractivity contribution in [1.82, 2.24) is 14.5 Å². The number of nitrogens with two attached hydrogens (primary N) is 1. The zero-order chi connectivity index (χ0) is 25.5. The topological polar surface area (TPSA) is 90.4 Å². The van der Waals surface area contributed by atoms with Crippen LogP contribution in [0.3, 0.4) is 0 Å². The highest BCUT2D eigenvalue weighted by Crippen LogP contribution is 2.38. The average Bonchev–Trinajstić information content (AvgIpc) is 3.33. The Morgan fingerprint density at radius 1 is 1.14 bits per heavy atom. The number of imidazole rings is 1. The van der Waals surface area contributed by atoms with Crippen LogP contribution in [0.4, 0.5) is 4.39 Å². The first-order valence-electron chi connectivity index (χ1n) is 12.4. The van der Waals surface area contributed by atoms with Crippen LogP contribution < -0.4 is 5.73 Å². The van der Waals surface area contributed by atoms with E-state index in [1.54, 1.807) is 29.2 Å². The number of aromatic nitrogens is 2. The molecular weight excluding hydrogens is 459 g/mol.